The Balaban J connectivity index is 3.19. The first-order valence-corrected chi connectivity index (χ1v) is 5.47. The number of carbonyl (C=O) groups is 2. The normalized spacial score (nSPS) is 9.31. The Labute approximate surface area is 107 Å². The fourth-order valence-electron chi connectivity index (χ4n) is 0.956. The predicted octanol–water partition coefficient (Wildman–Crippen LogP) is 2.11. The molecule has 0 aliphatic carbocycles. The molecular weight excluding hydrogens is 344 g/mol. The summed E-state index contributed by atoms with van der Waals surface area (Å²) in [5.41, 5.74) is 0.300. The van der Waals surface area contributed by atoms with Crippen LogP contribution in [0.3, 0.4) is 0 Å². The van der Waals surface area contributed by atoms with Crippen molar-refractivity contribution in [3.05, 3.63) is 26.6 Å². The number of aliphatic carboxylic acids is 1. The van der Waals surface area contributed by atoms with E-state index >= 15 is 0 Å². The number of carbonyl (C=O) groups excluding carboxylic acids is 1. The minimum absolute atomic E-state index is 0.137. The van der Waals surface area contributed by atoms with Gasteiger partial charge in [-0.05, 0) is 28.1 Å². The van der Waals surface area contributed by atoms with E-state index in [1.54, 1.807) is 6.07 Å². The molecule has 0 aliphatic rings. The van der Waals surface area contributed by atoms with Gasteiger partial charge in [-0.25, -0.2) is 4.79 Å². The summed E-state index contributed by atoms with van der Waals surface area (Å²) in [4.78, 5) is 21.3. The average molecular weight is 348 g/mol. The van der Waals surface area contributed by atoms with Crippen molar-refractivity contribution in [3.63, 3.8) is 0 Å². The van der Waals surface area contributed by atoms with E-state index in [0.29, 0.717) is 8.95 Å². The Bertz CT molecular complexity index is 508. The molecule has 0 fully saturated rings. The number of carboxylic acid groups (broad SMARTS) is 1. The van der Waals surface area contributed by atoms with E-state index in [1.165, 1.54) is 6.07 Å². The highest BCUT2D eigenvalue weighted by Crippen LogP contribution is 2.30. The number of nitrogens with one attached hydrogen (secondary N) is 1. The van der Waals surface area contributed by atoms with Crippen molar-refractivity contribution in [2.75, 3.05) is 5.32 Å². The molecule has 0 unspecified atom stereocenters. The van der Waals surface area contributed by atoms with Gasteiger partial charge in [0.05, 0.1) is 11.3 Å². The molecule has 0 aliphatic heterocycles. The lowest BCUT2D eigenvalue weighted by Gasteiger charge is -2.07. The lowest BCUT2D eigenvalue weighted by Crippen LogP contribution is -2.22. The van der Waals surface area contributed by atoms with Gasteiger partial charge in [-0.3, -0.25) is 4.79 Å². The highest BCUT2D eigenvalue weighted by atomic mass is 79.9. The van der Waals surface area contributed by atoms with Gasteiger partial charge >= 0.3 is 11.9 Å². The standard InChI is InChI=1S/C9H4Br2N2O3/c10-5-1-4(3-12)7(6(11)2-5)13-8(14)9(15)16/h1-2H,(H,13,14)(H,15,16). The smallest absolute Gasteiger partial charge is 0.394 e. The van der Waals surface area contributed by atoms with Crippen LogP contribution >= 0.6 is 31.9 Å². The number of carboxylic acids is 1. The van der Waals surface area contributed by atoms with Crippen LogP contribution in [0.1, 0.15) is 5.56 Å². The molecule has 1 amide bonds. The lowest BCUT2D eigenvalue weighted by molar-refractivity contribution is -0.147. The second-order valence-electron chi connectivity index (χ2n) is 2.68. The van der Waals surface area contributed by atoms with Crippen molar-refractivity contribution in [3.8, 4) is 6.07 Å². The maximum absolute atomic E-state index is 11.0. The molecule has 0 saturated carbocycles. The molecule has 5 nitrogen and oxygen atoms in total. The molecule has 0 saturated heterocycles. The van der Waals surface area contributed by atoms with E-state index in [9.17, 15) is 9.59 Å². The van der Waals surface area contributed by atoms with Crippen molar-refractivity contribution < 1.29 is 14.7 Å². The summed E-state index contributed by atoms with van der Waals surface area (Å²) in [6.07, 6.45) is 0. The quantitative estimate of drug-likeness (QED) is 0.761. The number of nitrogens with zero attached hydrogens (tertiary/aromatic N) is 1. The number of nitriles is 1. The molecule has 1 rings (SSSR count). The minimum atomic E-state index is -1.61. The summed E-state index contributed by atoms with van der Waals surface area (Å²) in [7, 11) is 0. The van der Waals surface area contributed by atoms with Crippen molar-refractivity contribution >= 4 is 49.4 Å². The number of halogens is 2. The fraction of sp³-hybridized carbons (Fsp3) is 0. The maximum atomic E-state index is 11.0. The Morgan fingerprint density at radius 1 is 1.38 bits per heavy atom. The molecule has 2 N–H and O–H groups in total. The molecule has 0 bridgehead atoms. The van der Waals surface area contributed by atoms with Crippen LogP contribution in [0, 0.1) is 11.3 Å². The number of anilines is 1. The van der Waals surface area contributed by atoms with E-state index < -0.39 is 11.9 Å². The van der Waals surface area contributed by atoms with E-state index in [-0.39, 0.29) is 11.3 Å². The first-order chi connectivity index (χ1) is 7.45. The third kappa shape index (κ3) is 2.81. The summed E-state index contributed by atoms with van der Waals surface area (Å²) in [5, 5.41) is 19.4. The van der Waals surface area contributed by atoms with Gasteiger partial charge in [0.1, 0.15) is 6.07 Å². The molecular formula is C9H4Br2N2O3. The number of hydrogen-bond acceptors (Lipinski definition) is 3. The molecule has 82 valence electrons. The third-order valence-electron chi connectivity index (χ3n) is 1.61. The van der Waals surface area contributed by atoms with Crippen molar-refractivity contribution in [2.24, 2.45) is 0 Å². The van der Waals surface area contributed by atoms with Gasteiger partial charge < -0.3 is 10.4 Å². The zero-order valence-corrected chi connectivity index (χ0v) is 10.8. The molecule has 0 heterocycles. The molecule has 16 heavy (non-hydrogen) atoms. The lowest BCUT2D eigenvalue weighted by atomic mass is 10.2. The van der Waals surface area contributed by atoms with Crippen molar-refractivity contribution in [2.45, 2.75) is 0 Å². The number of rotatable bonds is 1. The first-order valence-electron chi connectivity index (χ1n) is 3.89. The average Bonchev–Trinajstić information content (AvgIpc) is 2.21. The third-order valence-corrected chi connectivity index (χ3v) is 2.69. The Morgan fingerprint density at radius 2 is 2.00 bits per heavy atom. The highest BCUT2D eigenvalue weighted by molar-refractivity contribution is 9.11. The SMILES string of the molecule is N#Cc1cc(Br)cc(Br)c1NC(=O)C(=O)O. The summed E-state index contributed by atoms with van der Waals surface area (Å²) in [6, 6.07) is 4.92. The fourth-order valence-corrected chi connectivity index (χ4v) is 2.28. The number of hydrogen-bond donors (Lipinski definition) is 2. The van der Waals surface area contributed by atoms with Gasteiger partial charge in [0, 0.05) is 8.95 Å². The Morgan fingerprint density at radius 3 is 2.50 bits per heavy atom. The second kappa shape index (κ2) is 5.09. The van der Waals surface area contributed by atoms with Crippen LogP contribution in [-0.4, -0.2) is 17.0 Å². The second-order valence-corrected chi connectivity index (χ2v) is 4.45. The van der Waals surface area contributed by atoms with Crippen LogP contribution in [0.4, 0.5) is 5.69 Å². The summed E-state index contributed by atoms with van der Waals surface area (Å²) in [6.45, 7) is 0. The van der Waals surface area contributed by atoms with Crippen LogP contribution in [0.5, 0.6) is 0 Å². The molecule has 0 spiro atoms. The van der Waals surface area contributed by atoms with Crippen molar-refractivity contribution in [1.29, 1.82) is 5.26 Å². The van der Waals surface area contributed by atoms with Gasteiger partial charge in [-0.1, -0.05) is 15.9 Å². The summed E-state index contributed by atoms with van der Waals surface area (Å²) < 4.78 is 1.07. The summed E-state index contributed by atoms with van der Waals surface area (Å²) in [5.74, 6) is -2.81. The van der Waals surface area contributed by atoms with Gasteiger partial charge in [-0.15, -0.1) is 0 Å². The van der Waals surface area contributed by atoms with E-state index in [2.05, 4.69) is 37.2 Å². The van der Waals surface area contributed by atoms with E-state index in [1.807, 2.05) is 6.07 Å². The molecule has 1 aromatic rings. The van der Waals surface area contributed by atoms with Gasteiger partial charge in [0.25, 0.3) is 0 Å². The van der Waals surface area contributed by atoms with Crippen LogP contribution in [0.25, 0.3) is 0 Å². The zero-order valence-electron chi connectivity index (χ0n) is 7.62. The predicted molar refractivity (Wildman–Crippen MR) is 62.8 cm³/mol. The topological polar surface area (TPSA) is 90.2 Å². The molecule has 1 aromatic carbocycles. The van der Waals surface area contributed by atoms with E-state index in [0.717, 1.165) is 0 Å². The first kappa shape index (κ1) is 12.7. The minimum Gasteiger partial charge on any atom is -0.474 e. The number of amides is 1. The van der Waals surface area contributed by atoms with Crippen LogP contribution in [-0.2, 0) is 9.59 Å². The van der Waals surface area contributed by atoms with E-state index in [4.69, 9.17) is 10.4 Å². The van der Waals surface area contributed by atoms with Gasteiger partial charge in [-0.2, -0.15) is 5.26 Å². The monoisotopic (exact) mass is 346 g/mol. The highest BCUT2D eigenvalue weighted by Gasteiger charge is 2.16. The van der Waals surface area contributed by atoms with Crippen LogP contribution < -0.4 is 5.32 Å². The Hall–Kier alpha value is -1.39. The zero-order chi connectivity index (χ0) is 12.3. The van der Waals surface area contributed by atoms with Gasteiger partial charge in [0.15, 0.2) is 0 Å². The Kier molecular flexibility index (Phi) is 4.04. The number of benzene rings is 1. The van der Waals surface area contributed by atoms with Gasteiger partial charge in [0.2, 0.25) is 0 Å². The molecule has 0 aromatic heterocycles. The van der Waals surface area contributed by atoms with Crippen molar-refractivity contribution in [1.82, 2.24) is 0 Å². The summed E-state index contributed by atoms with van der Waals surface area (Å²) >= 11 is 6.30. The largest absolute Gasteiger partial charge is 0.474 e. The van der Waals surface area contributed by atoms with Crippen LogP contribution in [0.2, 0.25) is 0 Å². The molecule has 0 radical (unpaired) electrons. The van der Waals surface area contributed by atoms with Crippen LogP contribution in [0.15, 0.2) is 21.1 Å². The molecule has 0 atom stereocenters. The maximum Gasteiger partial charge on any atom is 0.394 e. The molecule has 7 heteroatoms.